The third-order valence-electron chi connectivity index (χ3n) is 11.0. The molecule has 2 aliphatic carbocycles. The Labute approximate surface area is 294 Å². The van der Waals surface area contributed by atoms with E-state index in [4.69, 9.17) is 0 Å². The van der Waals surface area contributed by atoms with Crippen LogP contribution in [0.1, 0.15) is 47.4 Å². The molecule has 0 fully saturated rings. The van der Waals surface area contributed by atoms with Gasteiger partial charge in [0.2, 0.25) is 0 Å². The van der Waals surface area contributed by atoms with Crippen molar-refractivity contribution in [2.45, 2.75) is 32.1 Å². The molecule has 1 unspecified atom stereocenters. The van der Waals surface area contributed by atoms with Crippen molar-refractivity contribution in [1.82, 2.24) is 9.13 Å². The van der Waals surface area contributed by atoms with Gasteiger partial charge in [-0.15, -0.1) is 11.3 Å². The zero-order valence-electron chi connectivity index (χ0n) is 27.7. The van der Waals surface area contributed by atoms with E-state index in [9.17, 15) is 0 Å². The number of allylic oxidation sites excluding steroid dienone is 2. The van der Waals surface area contributed by atoms with E-state index in [1.165, 1.54) is 81.2 Å². The lowest BCUT2D eigenvalue weighted by molar-refractivity contribution is 0.791. The standard InChI is InChI=1S/C47H32N2S/c1-29-12-11-19-37-44-45-40(36-18-8-10-21-42(36)49(45)34-24-22-30-13-5-6-14-31(30)26-34)28-38(47(44)50-46(29)37)32-23-25-43-39(27-32)35-17-7-9-20-41(35)48(43)33-15-3-2-4-16-33/h2-6,8-9,11,13-16,18-20,22-29H,10,12,21H2,1H3. The van der Waals surface area contributed by atoms with Crippen molar-refractivity contribution in [3.8, 4) is 22.5 Å². The van der Waals surface area contributed by atoms with Gasteiger partial charge in [-0.1, -0.05) is 98.0 Å². The molecule has 0 spiro atoms. The Hall–Kier alpha value is -5.82. The lowest BCUT2D eigenvalue weighted by Crippen LogP contribution is -2.03. The van der Waals surface area contributed by atoms with Crippen LogP contribution in [0.3, 0.4) is 0 Å². The maximum Gasteiger partial charge on any atom is 0.0631 e. The van der Waals surface area contributed by atoms with Crippen molar-refractivity contribution in [2.24, 2.45) is 0 Å². The van der Waals surface area contributed by atoms with Crippen LogP contribution >= 0.6 is 11.3 Å². The smallest absolute Gasteiger partial charge is 0.0631 e. The van der Waals surface area contributed by atoms with Gasteiger partial charge in [-0.3, -0.25) is 0 Å². The number of rotatable bonds is 3. The van der Waals surface area contributed by atoms with Crippen molar-refractivity contribution in [2.75, 3.05) is 0 Å². The van der Waals surface area contributed by atoms with Gasteiger partial charge >= 0.3 is 0 Å². The second kappa shape index (κ2) is 10.6. The van der Waals surface area contributed by atoms with Gasteiger partial charge in [-0.05, 0) is 102 Å². The van der Waals surface area contributed by atoms with E-state index in [1.54, 1.807) is 0 Å². The average Bonchev–Trinajstić information content (AvgIpc) is 3.83. The normalized spacial score (nSPS) is 15.3. The second-order valence-electron chi connectivity index (χ2n) is 13.9. The number of hydrogen-bond acceptors (Lipinski definition) is 1. The number of aromatic nitrogens is 2. The summed E-state index contributed by atoms with van der Waals surface area (Å²) in [6, 6.07) is 46.8. The summed E-state index contributed by atoms with van der Waals surface area (Å²) in [5, 5.41) is 7.59. The third kappa shape index (κ3) is 3.91. The minimum absolute atomic E-state index is 0.491. The van der Waals surface area contributed by atoms with Crippen LogP contribution in [0.5, 0.6) is 0 Å². The highest BCUT2D eigenvalue weighted by molar-refractivity contribution is 7.20. The van der Waals surface area contributed by atoms with E-state index >= 15 is 0 Å². The number of thiophene rings is 1. The summed E-state index contributed by atoms with van der Waals surface area (Å²) in [5.41, 5.74) is 12.8. The molecule has 0 saturated carbocycles. The highest BCUT2D eigenvalue weighted by atomic mass is 32.1. The van der Waals surface area contributed by atoms with Crippen LogP contribution in [0.25, 0.3) is 88.2 Å². The molecule has 0 aliphatic heterocycles. The van der Waals surface area contributed by atoms with Gasteiger partial charge in [-0.25, -0.2) is 0 Å². The van der Waals surface area contributed by atoms with Crippen LogP contribution < -0.4 is 0 Å². The molecule has 2 aliphatic rings. The van der Waals surface area contributed by atoms with Crippen molar-refractivity contribution in [1.29, 1.82) is 0 Å². The number of benzene rings is 5. The Balaban J connectivity index is 1.25. The van der Waals surface area contributed by atoms with E-state index in [2.05, 4.69) is 156 Å². The Morgan fingerprint density at radius 2 is 1.58 bits per heavy atom. The molecule has 3 aromatic heterocycles. The maximum atomic E-state index is 3.49. The minimum Gasteiger partial charge on any atom is -0.312 e. The molecule has 2 nitrogen and oxygen atoms in total. The average molecular weight is 657 g/mol. The Bertz CT molecular complexity index is 2910. The number of fused-ring (bicyclic) bond motifs is 11. The molecule has 0 amide bonds. The fourth-order valence-corrected chi connectivity index (χ4v) is 10.1. The van der Waals surface area contributed by atoms with E-state index in [1.807, 2.05) is 17.4 Å². The van der Waals surface area contributed by atoms with Gasteiger partial charge < -0.3 is 9.13 Å². The van der Waals surface area contributed by atoms with Gasteiger partial charge in [0, 0.05) is 53.9 Å². The van der Waals surface area contributed by atoms with Gasteiger partial charge in [0.15, 0.2) is 0 Å². The fourth-order valence-electron chi connectivity index (χ4n) is 8.70. The number of para-hydroxylation sites is 1. The molecule has 11 rings (SSSR count). The third-order valence-corrected chi connectivity index (χ3v) is 12.5. The molecular formula is C47H32N2S. The summed E-state index contributed by atoms with van der Waals surface area (Å²) in [6.07, 6.45) is 12.7. The first-order valence-corrected chi connectivity index (χ1v) is 18.5. The van der Waals surface area contributed by atoms with Crippen LogP contribution in [0, 0.1) is 12.1 Å². The predicted molar refractivity (Wildman–Crippen MR) is 213 cm³/mol. The van der Waals surface area contributed by atoms with Crippen LogP contribution in [0.4, 0.5) is 0 Å². The Kier molecular flexibility index (Phi) is 5.94. The molecular weight excluding hydrogens is 625 g/mol. The number of nitrogens with zero attached hydrogens (tertiary/aromatic N) is 2. The van der Waals surface area contributed by atoms with Crippen molar-refractivity contribution in [3.63, 3.8) is 0 Å². The largest absolute Gasteiger partial charge is 0.312 e. The topological polar surface area (TPSA) is 9.86 Å². The van der Waals surface area contributed by atoms with E-state index in [0.717, 1.165) is 35.9 Å². The highest BCUT2D eigenvalue weighted by Crippen LogP contribution is 2.51. The van der Waals surface area contributed by atoms with Crippen LogP contribution in [-0.2, 0) is 6.42 Å². The fraction of sp³-hybridized carbons (Fsp3) is 0.106. The van der Waals surface area contributed by atoms with Gasteiger partial charge in [0.05, 0.1) is 21.9 Å². The molecule has 236 valence electrons. The lowest BCUT2D eigenvalue weighted by atomic mass is 9.91. The first-order chi connectivity index (χ1) is 24.7. The zero-order valence-corrected chi connectivity index (χ0v) is 28.5. The Morgan fingerprint density at radius 1 is 0.720 bits per heavy atom. The molecule has 1 atom stereocenters. The summed E-state index contributed by atoms with van der Waals surface area (Å²) in [5.74, 6) is 0.491. The van der Waals surface area contributed by atoms with Gasteiger partial charge in [-0.2, -0.15) is 0 Å². The second-order valence-corrected chi connectivity index (χ2v) is 14.9. The first-order valence-electron chi connectivity index (χ1n) is 17.6. The van der Waals surface area contributed by atoms with E-state index in [0.29, 0.717) is 5.92 Å². The molecule has 9 aromatic rings. The number of hydrogen-bond donors (Lipinski definition) is 0. The van der Waals surface area contributed by atoms with Crippen molar-refractivity contribution >= 4 is 77.1 Å². The van der Waals surface area contributed by atoms with E-state index in [-0.39, 0.29) is 0 Å². The van der Waals surface area contributed by atoms with Crippen LogP contribution in [0.2, 0.25) is 0 Å². The summed E-state index contributed by atoms with van der Waals surface area (Å²) in [6.45, 7) is 2.39. The Morgan fingerprint density at radius 3 is 2.50 bits per heavy atom. The lowest BCUT2D eigenvalue weighted by Gasteiger charge is -2.16. The van der Waals surface area contributed by atoms with Gasteiger partial charge in [0.1, 0.15) is 0 Å². The summed E-state index contributed by atoms with van der Waals surface area (Å²) in [7, 11) is 0. The molecule has 0 saturated heterocycles. The monoisotopic (exact) mass is 656 g/mol. The van der Waals surface area contributed by atoms with E-state index < -0.39 is 0 Å². The molecule has 0 radical (unpaired) electrons. The van der Waals surface area contributed by atoms with Crippen molar-refractivity contribution in [3.05, 3.63) is 155 Å². The summed E-state index contributed by atoms with van der Waals surface area (Å²) >= 11 is 2.01. The molecule has 0 bridgehead atoms. The highest BCUT2D eigenvalue weighted by Gasteiger charge is 2.28. The SMILES string of the molecule is CC1CC=Cc2c1sc1c(-c3ccc4c(c3)c3c#cccc3n4-c3ccccc3)cc3c4c(n(-c5ccc6ccccc6c5)c3c21)CCC=C4. The van der Waals surface area contributed by atoms with Gasteiger partial charge in [0.25, 0.3) is 0 Å². The van der Waals surface area contributed by atoms with Crippen LogP contribution in [0.15, 0.2) is 121 Å². The predicted octanol–water partition coefficient (Wildman–Crippen LogP) is 12.8. The minimum atomic E-state index is 0.491. The van der Waals surface area contributed by atoms with Crippen molar-refractivity contribution < 1.29 is 0 Å². The first kappa shape index (κ1) is 28.1. The molecule has 6 aromatic carbocycles. The molecule has 50 heavy (non-hydrogen) atoms. The summed E-state index contributed by atoms with van der Waals surface area (Å²) in [4.78, 5) is 1.50. The molecule has 3 heterocycles. The molecule has 3 heteroatoms. The zero-order chi connectivity index (χ0) is 32.9. The summed E-state index contributed by atoms with van der Waals surface area (Å²) < 4.78 is 6.34. The quantitative estimate of drug-likeness (QED) is 0.179. The van der Waals surface area contributed by atoms with Crippen LogP contribution in [-0.4, -0.2) is 9.13 Å². The maximum absolute atomic E-state index is 3.49. The molecule has 0 N–H and O–H groups in total.